The molecule has 0 aliphatic carbocycles. The Hall–Kier alpha value is -3.01. The maximum atomic E-state index is 13.1. The van der Waals surface area contributed by atoms with Crippen molar-refractivity contribution in [3.8, 4) is 5.75 Å². The van der Waals surface area contributed by atoms with E-state index in [9.17, 15) is 18.8 Å². The molecule has 1 fully saturated rings. The minimum absolute atomic E-state index is 0.205. The van der Waals surface area contributed by atoms with E-state index >= 15 is 0 Å². The number of halogens is 4. The second kappa shape index (κ2) is 10.1. The van der Waals surface area contributed by atoms with Crippen LogP contribution in [0.3, 0.4) is 0 Å². The SMILES string of the molecule is O=C1NC(=O)N(c2ccc(Cl)cc2)C(=O)/C1=C/c1cc(Br)c(OCc2ccc(F)cc2)c(Br)c1. The topological polar surface area (TPSA) is 75.7 Å². The predicted octanol–water partition coefficient (Wildman–Crippen LogP) is 6.25. The van der Waals surface area contributed by atoms with E-state index in [1.54, 1.807) is 24.3 Å². The number of imide groups is 2. The van der Waals surface area contributed by atoms with Gasteiger partial charge in [-0.1, -0.05) is 23.7 Å². The summed E-state index contributed by atoms with van der Waals surface area (Å²) in [4.78, 5) is 38.6. The highest BCUT2D eigenvalue weighted by Crippen LogP contribution is 2.36. The van der Waals surface area contributed by atoms with Gasteiger partial charge in [-0.3, -0.25) is 14.9 Å². The summed E-state index contributed by atoms with van der Waals surface area (Å²) in [6.07, 6.45) is 1.38. The summed E-state index contributed by atoms with van der Waals surface area (Å²) in [5, 5.41) is 2.62. The van der Waals surface area contributed by atoms with Gasteiger partial charge in [0.05, 0.1) is 14.6 Å². The van der Waals surface area contributed by atoms with Crippen LogP contribution in [0.25, 0.3) is 6.08 Å². The maximum absolute atomic E-state index is 13.1. The fourth-order valence-electron chi connectivity index (χ4n) is 3.19. The van der Waals surface area contributed by atoms with Crippen molar-refractivity contribution in [2.45, 2.75) is 6.61 Å². The van der Waals surface area contributed by atoms with E-state index in [0.717, 1.165) is 10.5 Å². The van der Waals surface area contributed by atoms with Gasteiger partial charge in [0.25, 0.3) is 11.8 Å². The monoisotopic (exact) mass is 606 g/mol. The number of anilines is 1. The van der Waals surface area contributed by atoms with Crippen LogP contribution in [0.5, 0.6) is 5.75 Å². The molecule has 10 heteroatoms. The number of barbiturate groups is 1. The van der Waals surface area contributed by atoms with E-state index < -0.39 is 17.8 Å². The van der Waals surface area contributed by atoms with Crippen molar-refractivity contribution in [2.24, 2.45) is 0 Å². The van der Waals surface area contributed by atoms with Crippen molar-refractivity contribution in [3.63, 3.8) is 0 Å². The van der Waals surface area contributed by atoms with Crippen molar-refractivity contribution in [1.29, 1.82) is 0 Å². The number of rotatable bonds is 5. The largest absolute Gasteiger partial charge is 0.487 e. The molecule has 172 valence electrons. The van der Waals surface area contributed by atoms with Gasteiger partial charge in [-0.15, -0.1) is 0 Å². The number of amides is 4. The number of hydrogen-bond donors (Lipinski definition) is 1. The van der Waals surface area contributed by atoms with E-state index in [-0.39, 0.29) is 23.7 Å². The zero-order valence-corrected chi connectivity index (χ0v) is 21.1. The summed E-state index contributed by atoms with van der Waals surface area (Å²) in [6, 6.07) is 14.5. The molecule has 0 unspecified atom stereocenters. The van der Waals surface area contributed by atoms with Crippen LogP contribution in [0, 0.1) is 5.82 Å². The molecule has 3 aromatic rings. The fourth-order valence-corrected chi connectivity index (χ4v) is 4.76. The number of nitrogens with one attached hydrogen (secondary N) is 1. The van der Waals surface area contributed by atoms with Gasteiger partial charge in [0.1, 0.15) is 23.7 Å². The third-order valence-corrected chi connectivity index (χ3v) is 6.24. The second-order valence-corrected chi connectivity index (χ2v) is 9.31. The molecule has 1 saturated heterocycles. The summed E-state index contributed by atoms with van der Waals surface area (Å²) in [5.74, 6) is -1.41. The molecule has 4 amide bonds. The molecular weight excluding hydrogens is 595 g/mol. The first kappa shape index (κ1) is 24.1. The van der Waals surface area contributed by atoms with Gasteiger partial charge in [0.2, 0.25) is 0 Å². The van der Waals surface area contributed by atoms with Gasteiger partial charge in [0, 0.05) is 5.02 Å². The lowest BCUT2D eigenvalue weighted by molar-refractivity contribution is -0.122. The Morgan fingerprint density at radius 1 is 0.971 bits per heavy atom. The van der Waals surface area contributed by atoms with E-state index in [2.05, 4.69) is 37.2 Å². The second-order valence-electron chi connectivity index (χ2n) is 7.16. The van der Waals surface area contributed by atoms with Crippen LogP contribution < -0.4 is 15.0 Å². The third-order valence-electron chi connectivity index (χ3n) is 4.81. The van der Waals surface area contributed by atoms with Gasteiger partial charge in [0.15, 0.2) is 0 Å². The number of nitrogens with zero attached hydrogens (tertiary/aromatic N) is 1. The van der Waals surface area contributed by atoms with Crippen LogP contribution >= 0.6 is 43.5 Å². The first-order chi connectivity index (χ1) is 16.2. The number of carbonyl (C=O) groups is 3. The standard InChI is InChI=1S/C24H14Br2ClFN2O4/c25-19-10-14(11-20(26)21(19)34-12-13-1-5-16(28)6-2-13)9-18-22(31)29-24(33)30(23(18)32)17-7-3-15(27)4-8-17/h1-11H,12H2,(H,29,31,33)/b18-9+. The molecule has 0 radical (unpaired) electrons. The number of benzene rings is 3. The molecule has 0 saturated carbocycles. The first-order valence-electron chi connectivity index (χ1n) is 9.76. The maximum Gasteiger partial charge on any atom is 0.335 e. The number of ether oxygens (including phenoxy) is 1. The Bertz CT molecular complexity index is 1300. The minimum atomic E-state index is -0.846. The molecule has 0 atom stereocenters. The third kappa shape index (κ3) is 5.22. The quantitative estimate of drug-likeness (QED) is 0.275. The molecule has 0 aromatic heterocycles. The summed E-state index contributed by atoms with van der Waals surface area (Å²) in [7, 11) is 0. The van der Waals surface area contributed by atoms with Crippen LogP contribution in [0.4, 0.5) is 14.9 Å². The Morgan fingerprint density at radius 3 is 2.21 bits per heavy atom. The molecule has 1 heterocycles. The zero-order chi connectivity index (χ0) is 24.4. The summed E-state index contributed by atoms with van der Waals surface area (Å²) < 4.78 is 20.0. The molecule has 1 aliphatic heterocycles. The lowest BCUT2D eigenvalue weighted by Gasteiger charge is -2.26. The van der Waals surface area contributed by atoms with Gasteiger partial charge < -0.3 is 4.74 Å². The summed E-state index contributed by atoms with van der Waals surface area (Å²) in [6.45, 7) is 0.205. The van der Waals surface area contributed by atoms with Gasteiger partial charge in [-0.05, 0) is 97.6 Å². The lowest BCUT2D eigenvalue weighted by atomic mass is 10.1. The van der Waals surface area contributed by atoms with E-state index in [1.165, 1.54) is 42.5 Å². The molecular formula is C24H14Br2ClFN2O4. The van der Waals surface area contributed by atoms with Crippen molar-refractivity contribution < 1.29 is 23.5 Å². The van der Waals surface area contributed by atoms with E-state index in [0.29, 0.717) is 25.3 Å². The molecule has 1 N–H and O–H groups in total. The van der Waals surface area contributed by atoms with Crippen molar-refractivity contribution in [1.82, 2.24) is 5.32 Å². The Balaban J connectivity index is 1.60. The van der Waals surface area contributed by atoms with E-state index in [1.807, 2.05) is 0 Å². The van der Waals surface area contributed by atoms with Crippen LogP contribution in [-0.2, 0) is 16.2 Å². The van der Waals surface area contributed by atoms with Gasteiger partial charge in [-0.25, -0.2) is 14.1 Å². The van der Waals surface area contributed by atoms with Crippen molar-refractivity contribution >= 4 is 73.1 Å². The van der Waals surface area contributed by atoms with Crippen LogP contribution in [0.15, 0.2) is 75.2 Å². The minimum Gasteiger partial charge on any atom is -0.487 e. The highest BCUT2D eigenvalue weighted by molar-refractivity contribution is 9.11. The molecule has 3 aromatic carbocycles. The Kier molecular flexibility index (Phi) is 7.16. The molecule has 0 spiro atoms. The Morgan fingerprint density at radius 2 is 1.59 bits per heavy atom. The van der Waals surface area contributed by atoms with E-state index in [4.69, 9.17) is 16.3 Å². The smallest absolute Gasteiger partial charge is 0.335 e. The summed E-state index contributed by atoms with van der Waals surface area (Å²) in [5.41, 5.74) is 1.35. The number of hydrogen-bond acceptors (Lipinski definition) is 4. The Labute approximate surface area is 215 Å². The van der Waals surface area contributed by atoms with Crippen LogP contribution in [0.2, 0.25) is 5.02 Å². The average Bonchev–Trinajstić information content (AvgIpc) is 2.78. The highest BCUT2D eigenvalue weighted by Gasteiger charge is 2.36. The normalized spacial score (nSPS) is 15.0. The lowest BCUT2D eigenvalue weighted by Crippen LogP contribution is -2.54. The highest BCUT2D eigenvalue weighted by atomic mass is 79.9. The molecule has 4 rings (SSSR count). The van der Waals surface area contributed by atoms with Crippen molar-refractivity contribution in [2.75, 3.05) is 4.90 Å². The molecule has 1 aliphatic rings. The van der Waals surface area contributed by atoms with Gasteiger partial charge in [-0.2, -0.15) is 0 Å². The predicted molar refractivity (Wildman–Crippen MR) is 133 cm³/mol. The molecule has 6 nitrogen and oxygen atoms in total. The van der Waals surface area contributed by atoms with Crippen LogP contribution in [-0.4, -0.2) is 17.8 Å². The zero-order valence-electron chi connectivity index (χ0n) is 17.2. The molecule has 0 bridgehead atoms. The van der Waals surface area contributed by atoms with Crippen LogP contribution in [0.1, 0.15) is 11.1 Å². The van der Waals surface area contributed by atoms with Gasteiger partial charge >= 0.3 is 6.03 Å². The summed E-state index contributed by atoms with van der Waals surface area (Å²) >= 11 is 12.8. The number of carbonyl (C=O) groups excluding carboxylic acids is 3. The molecule has 34 heavy (non-hydrogen) atoms. The average molecular weight is 609 g/mol. The first-order valence-corrected chi connectivity index (χ1v) is 11.7. The van der Waals surface area contributed by atoms with Crippen molar-refractivity contribution in [3.05, 3.63) is 97.1 Å². The number of urea groups is 1. The fraction of sp³-hybridized carbons (Fsp3) is 0.0417.